The van der Waals surface area contributed by atoms with E-state index in [1.807, 2.05) is 21.9 Å². The number of nitrogens with two attached hydrogens (primary N) is 1. The largest absolute Gasteiger partial charge is 0.386 e. The van der Waals surface area contributed by atoms with E-state index in [9.17, 15) is 18.0 Å². The molecule has 2 atom stereocenters. The number of nitrogens with zero attached hydrogens (tertiary/aromatic N) is 3. The van der Waals surface area contributed by atoms with Crippen LogP contribution in [0.4, 0.5) is 18.0 Å². The molecule has 2 unspecified atom stereocenters. The van der Waals surface area contributed by atoms with Gasteiger partial charge in [-0.25, -0.2) is 4.79 Å². The van der Waals surface area contributed by atoms with Gasteiger partial charge in [-0.15, -0.1) is 0 Å². The van der Waals surface area contributed by atoms with Gasteiger partial charge in [0.05, 0.1) is 6.04 Å². The summed E-state index contributed by atoms with van der Waals surface area (Å²) >= 11 is 0. The fourth-order valence-corrected chi connectivity index (χ4v) is 5.13. The summed E-state index contributed by atoms with van der Waals surface area (Å²) in [4.78, 5) is 23.4. The van der Waals surface area contributed by atoms with Gasteiger partial charge < -0.3 is 10.6 Å². The number of urea groups is 1. The Morgan fingerprint density at radius 3 is 1.88 bits per heavy atom. The number of aryl methyl sites for hydroxylation is 3. The Labute approximate surface area is 234 Å². The molecule has 2 aliphatic rings. The molecule has 0 aliphatic carbocycles. The Hall–Kier alpha value is -3.65. The lowest BCUT2D eigenvalue weighted by Gasteiger charge is -2.37. The standard InChI is InChI=1S/C30H34N4O.C2H3F3/c1-20-8-12-23(13-9-20)27-28(24-14-10-21(2)11-15-24)34(30(35)33-18-16-25(31)17-19-33)29(32-27)26-7-5-4-6-22(26)3;1-2(3,4)5/h4-15,25,27-28H,16-19,31H2,1-3H3;1H3. The summed E-state index contributed by atoms with van der Waals surface area (Å²) in [6.07, 6.45) is -2.35. The molecule has 40 heavy (non-hydrogen) atoms. The van der Waals surface area contributed by atoms with Gasteiger partial charge in [0.1, 0.15) is 11.9 Å². The van der Waals surface area contributed by atoms with Gasteiger partial charge in [0.25, 0.3) is 0 Å². The molecule has 1 saturated heterocycles. The van der Waals surface area contributed by atoms with Gasteiger partial charge >= 0.3 is 12.2 Å². The monoisotopic (exact) mass is 550 g/mol. The van der Waals surface area contributed by atoms with E-state index < -0.39 is 6.18 Å². The number of hydrogen-bond donors (Lipinski definition) is 1. The number of piperidine rings is 1. The Balaban J connectivity index is 0.000000681. The van der Waals surface area contributed by atoms with E-state index in [4.69, 9.17) is 10.7 Å². The second-order valence-corrected chi connectivity index (χ2v) is 10.7. The number of likely N-dealkylation sites (tertiary alicyclic amines) is 1. The van der Waals surface area contributed by atoms with Crippen LogP contribution in [0.25, 0.3) is 0 Å². The summed E-state index contributed by atoms with van der Waals surface area (Å²) in [6, 6.07) is 25.0. The third kappa shape index (κ3) is 7.10. The second kappa shape index (κ2) is 12.3. The number of rotatable bonds is 3. The highest BCUT2D eigenvalue weighted by molar-refractivity contribution is 6.10. The van der Waals surface area contributed by atoms with Gasteiger partial charge in [0.2, 0.25) is 0 Å². The van der Waals surface area contributed by atoms with Crippen LogP contribution in [-0.4, -0.2) is 47.0 Å². The lowest BCUT2D eigenvalue weighted by Crippen LogP contribution is -2.51. The zero-order valence-corrected chi connectivity index (χ0v) is 23.4. The molecule has 2 aliphatic heterocycles. The maximum absolute atomic E-state index is 14.2. The van der Waals surface area contributed by atoms with E-state index in [0.29, 0.717) is 13.1 Å². The smallest absolute Gasteiger partial charge is 0.328 e. The topological polar surface area (TPSA) is 61.9 Å². The first-order chi connectivity index (χ1) is 18.9. The molecule has 2 heterocycles. The zero-order valence-electron chi connectivity index (χ0n) is 23.4. The van der Waals surface area contributed by atoms with Crippen molar-refractivity contribution in [3.8, 4) is 0 Å². The SMILES string of the molecule is CC(F)(F)F.Cc1ccc(C2N=C(c3ccccc3C)N(C(=O)N3CCC(N)CC3)C2c2ccc(C)cc2)cc1. The molecule has 0 spiro atoms. The van der Waals surface area contributed by atoms with Crippen LogP contribution in [0.15, 0.2) is 77.8 Å². The van der Waals surface area contributed by atoms with Crippen LogP contribution in [0.5, 0.6) is 0 Å². The van der Waals surface area contributed by atoms with Crippen molar-refractivity contribution >= 4 is 11.9 Å². The first-order valence-corrected chi connectivity index (χ1v) is 13.6. The first kappa shape index (κ1) is 29.3. The molecule has 3 aromatic carbocycles. The molecule has 3 aromatic rings. The Morgan fingerprint density at radius 2 is 1.35 bits per heavy atom. The fourth-order valence-electron chi connectivity index (χ4n) is 5.13. The third-order valence-corrected chi connectivity index (χ3v) is 7.31. The number of benzene rings is 3. The predicted molar refractivity (Wildman–Crippen MR) is 153 cm³/mol. The second-order valence-electron chi connectivity index (χ2n) is 10.7. The summed E-state index contributed by atoms with van der Waals surface area (Å²) in [5.74, 6) is 0.749. The van der Waals surface area contributed by atoms with Gasteiger partial charge in [0, 0.05) is 31.6 Å². The van der Waals surface area contributed by atoms with Crippen LogP contribution in [-0.2, 0) is 0 Å². The van der Waals surface area contributed by atoms with Gasteiger partial charge in [-0.1, -0.05) is 83.9 Å². The van der Waals surface area contributed by atoms with Crippen LogP contribution >= 0.6 is 0 Å². The maximum Gasteiger partial charge on any atom is 0.386 e. The molecule has 0 radical (unpaired) electrons. The van der Waals surface area contributed by atoms with Crippen LogP contribution in [0, 0.1) is 20.8 Å². The summed E-state index contributed by atoms with van der Waals surface area (Å²) in [5, 5.41) is 0. The number of aliphatic imine (C=N–C) groups is 1. The average Bonchev–Trinajstić information content (AvgIpc) is 3.29. The minimum Gasteiger partial charge on any atom is -0.328 e. The average molecular weight is 551 g/mol. The quantitative estimate of drug-likeness (QED) is 0.373. The number of amidine groups is 1. The van der Waals surface area contributed by atoms with Crippen LogP contribution in [0.2, 0.25) is 0 Å². The lowest BCUT2D eigenvalue weighted by molar-refractivity contribution is -0.110. The minimum absolute atomic E-state index is 0.0130. The van der Waals surface area contributed by atoms with Crippen molar-refractivity contribution < 1.29 is 18.0 Å². The van der Waals surface area contributed by atoms with E-state index in [1.54, 1.807) is 0 Å². The van der Waals surface area contributed by atoms with Crippen molar-refractivity contribution in [1.82, 2.24) is 9.80 Å². The highest BCUT2D eigenvalue weighted by atomic mass is 19.4. The molecule has 0 aromatic heterocycles. The minimum atomic E-state index is -4.00. The summed E-state index contributed by atoms with van der Waals surface area (Å²) < 4.78 is 31.1. The van der Waals surface area contributed by atoms with E-state index in [2.05, 4.69) is 81.4 Å². The zero-order chi connectivity index (χ0) is 29.0. The van der Waals surface area contributed by atoms with E-state index >= 15 is 0 Å². The molecule has 5 rings (SSSR count). The van der Waals surface area contributed by atoms with Crippen LogP contribution in [0.3, 0.4) is 0 Å². The van der Waals surface area contributed by atoms with Gasteiger partial charge in [-0.05, 0) is 50.3 Å². The van der Waals surface area contributed by atoms with Gasteiger partial charge in [-0.3, -0.25) is 9.89 Å². The molecule has 212 valence electrons. The number of amides is 2. The highest BCUT2D eigenvalue weighted by Gasteiger charge is 2.44. The van der Waals surface area contributed by atoms with Crippen molar-refractivity contribution in [3.05, 3.63) is 106 Å². The summed E-state index contributed by atoms with van der Waals surface area (Å²) in [5.41, 5.74) is 12.9. The number of carbonyl (C=O) groups excluding carboxylic acids is 1. The van der Waals surface area contributed by atoms with E-state index in [1.165, 1.54) is 11.1 Å². The molecule has 0 bridgehead atoms. The predicted octanol–water partition coefficient (Wildman–Crippen LogP) is 7.27. The molecular formula is C32H37F3N4O. The molecule has 1 fully saturated rings. The summed E-state index contributed by atoms with van der Waals surface area (Å²) in [7, 11) is 0. The molecule has 0 saturated carbocycles. The number of hydrogen-bond acceptors (Lipinski definition) is 3. The number of carbonyl (C=O) groups is 1. The molecule has 5 nitrogen and oxygen atoms in total. The van der Waals surface area contributed by atoms with Crippen molar-refractivity contribution in [3.63, 3.8) is 0 Å². The van der Waals surface area contributed by atoms with Crippen molar-refractivity contribution in [2.75, 3.05) is 13.1 Å². The Morgan fingerprint density at radius 1 is 0.850 bits per heavy atom. The van der Waals surface area contributed by atoms with Crippen molar-refractivity contribution in [2.45, 2.75) is 64.8 Å². The fraction of sp³-hybridized carbons (Fsp3) is 0.375. The maximum atomic E-state index is 14.2. The first-order valence-electron chi connectivity index (χ1n) is 13.6. The molecule has 2 N–H and O–H groups in total. The number of halogens is 3. The third-order valence-electron chi connectivity index (χ3n) is 7.31. The highest BCUT2D eigenvalue weighted by Crippen LogP contribution is 2.44. The van der Waals surface area contributed by atoms with Crippen LogP contribution < -0.4 is 5.73 Å². The van der Waals surface area contributed by atoms with Crippen LogP contribution in [0.1, 0.15) is 65.2 Å². The van der Waals surface area contributed by atoms with Gasteiger partial charge in [0.15, 0.2) is 0 Å². The lowest BCUT2D eigenvalue weighted by atomic mass is 9.92. The molecular weight excluding hydrogens is 513 g/mol. The molecule has 8 heteroatoms. The van der Waals surface area contributed by atoms with E-state index in [0.717, 1.165) is 40.9 Å². The normalized spacial score (nSPS) is 19.6. The number of alkyl halides is 3. The van der Waals surface area contributed by atoms with Crippen molar-refractivity contribution in [2.24, 2.45) is 10.7 Å². The van der Waals surface area contributed by atoms with Crippen molar-refractivity contribution in [1.29, 1.82) is 0 Å². The molecule has 2 amide bonds. The van der Waals surface area contributed by atoms with Gasteiger partial charge in [-0.2, -0.15) is 13.2 Å². The summed E-state index contributed by atoms with van der Waals surface area (Å²) in [6.45, 7) is 7.80. The Bertz CT molecular complexity index is 1320. The van der Waals surface area contributed by atoms with E-state index in [-0.39, 0.29) is 31.1 Å². The Kier molecular flexibility index (Phi) is 8.98.